The lowest BCUT2D eigenvalue weighted by atomic mass is 9.86. The summed E-state index contributed by atoms with van der Waals surface area (Å²) >= 11 is 0. The average Bonchev–Trinajstić information content (AvgIpc) is 2.46. The minimum absolute atomic E-state index is 0.130. The first-order valence-corrected chi connectivity index (χ1v) is 7.36. The van der Waals surface area contributed by atoms with Gasteiger partial charge < -0.3 is 10.6 Å². The zero-order valence-corrected chi connectivity index (χ0v) is 13.4. The van der Waals surface area contributed by atoms with Gasteiger partial charge in [-0.15, -0.1) is 0 Å². The first-order chi connectivity index (χ1) is 10.8. The van der Waals surface area contributed by atoms with E-state index in [2.05, 4.69) is 10.6 Å². The van der Waals surface area contributed by atoms with E-state index in [1.807, 2.05) is 45.0 Å². The highest BCUT2D eigenvalue weighted by Crippen LogP contribution is 2.29. The number of rotatable bonds is 4. The number of anilines is 2. The van der Waals surface area contributed by atoms with E-state index in [9.17, 15) is 13.6 Å². The highest BCUT2D eigenvalue weighted by Gasteiger charge is 2.18. The molecule has 122 valence electrons. The molecule has 2 aromatic carbocycles. The summed E-state index contributed by atoms with van der Waals surface area (Å²) in [5.74, 6) is -1.83. The number of para-hydroxylation sites is 2. The largest absolute Gasteiger partial charge is 0.371 e. The van der Waals surface area contributed by atoms with Gasteiger partial charge in [0.15, 0.2) is 0 Å². The second kappa shape index (κ2) is 6.77. The van der Waals surface area contributed by atoms with E-state index < -0.39 is 11.6 Å². The van der Waals surface area contributed by atoms with Crippen LogP contribution in [0, 0.1) is 11.6 Å². The molecule has 23 heavy (non-hydrogen) atoms. The maximum atomic E-state index is 13.5. The summed E-state index contributed by atoms with van der Waals surface area (Å²) in [5, 5.41) is 5.28. The van der Waals surface area contributed by atoms with Crippen LogP contribution in [0.2, 0.25) is 0 Å². The molecule has 0 heterocycles. The molecule has 2 rings (SSSR count). The summed E-state index contributed by atoms with van der Waals surface area (Å²) in [5.41, 5.74) is 1.26. The van der Waals surface area contributed by atoms with Crippen LogP contribution in [0.3, 0.4) is 0 Å². The van der Waals surface area contributed by atoms with E-state index in [1.165, 1.54) is 6.07 Å². The van der Waals surface area contributed by atoms with Crippen molar-refractivity contribution in [2.75, 3.05) is 17.2 Å². The van der Waals surface area contributed by atoms with Crippen molar-refractivity contribution < 1.29 is 13.6 Å². The SMILES string of the molecule is CC(C)(C)c1ccccc1NC(=O)CNc1c(F)cccc1F. The highest BCUT2D eigenvalue weighted by molar-refractivity contribution is 5.94. The molecule has 0 atom stereocenters. The van der Waals surface area contributed by atoms with Crippen molar-refractivity contribution in [1.29, 1.82) is 0 Å². The van der Waals surface area contributed by atoms with Gasteiger partial charge in [0.1, 0.15) is 17.3 Å². The van der Waals surface area contributed by atoms with Crippen LogP contribution in [0.1, 0.15) is 26.3 Å². The van der Waals surface area contributed by atoms with Gasteiger partial charge in [-0.1, -0.05) is 45.0 Å². The number of nitrogens with one attached hydrogen (secondary N) is 2. The third kappa shape index (κ3) is 4.28. The minimum atomic E-state index is -0.729. The maximum Gasteiger partial charge on any atom is 0.243 e. The lowest BCUT2D eigenvalue weighted by Crippen LogP contribution is -2.24. The Balaban J connectivity index is 2.07. The van der Waals surface area contributed by atoms with E-state index in [1.54, 1.807) is 0 Å². The second-order valence-corrected chi connectivity index (χ2v) is 6.29. The molecule has 2 aromatic rings. The fraction of sp³-hybridized carbons (Fsp3) is 0.278. The van der Waals surface area contributed by atoms with Crippen LogP contribution < -0.4 is 10.6 Å². The molecule has 0 unspecified atom stereocenters. The molecule has 0 fully saturated rings. The fourth-order valence-electron chi connectivity index (χ4n) is 2.28. The van der Waals surface area contributed by atoms with Gasteiger partial charge >= 0.3 is 0 Å². The number of benzene rings is 2. The molecule has 1 amide bonds. The van der Waals surface area contributed by atoms with Gasteiger partial charge in [-0.2, -0.15) is 0 Å². The van der Waals surface area contributed by atoms with Crippen molar-refractivity contribution >= 4 is 17.3 Å². The number of amides is 1. The van der Waals surface area contributed by atoms with E-state index in [0.29, 0.717) is 5.69 Å². The Labute approximate surface area is 134 Å². The summed E-state index contributed by atoms with van der Waals surface area (Å²) in [4.78, 5) is 12.1. The van der Waals surface area contributed by atoms with E-state index in [4.69, 9.17) is 0 Å². The molecular formula is C18H20F2N2O. The Morgan fingerprint density at radius 1 is 1.00 bits per heavy atom. The van der Waals surface area contributed by atoms with Crippen molar-refractivity contribution in [3.63, 3.8) is 0 Å². The first kappa shape index (κ1) is 16.9. The third-order valence-electron chi connectivity index (χ3n) is 3.40. The monoisotopic (exact) mass is 318 g/mol. The number of halogens is 2. The third-order valence-corrected chi connectivity index (χ3v) is 3.40. The normalized spacial score (nSPS) is 11.2. The van der Waals surface area contributed by atoms with Crippen LogP contribution in [-0.2, 0) is 10.2 Å². The van der Waals surface area contributed by atoms with Crippen LogP contribution in [0.4, 0.5) is 20.2 Å². The molecule has 0 bridgehead atoms. The lowest BCUT2D eigenvalue weighted by Gasteiger charge is -2.23. The maximum absolute atomic E-state index is 13.5. The van der Waals surface area contributed by atoms with Crippen molar-refractivity contribution in [2.45, 2.75) is 26.2 Å². The summed E-state index contributed by atoms with van der Waals surface area (Å²) in [6.45, 7) is 5.91. The zero-order valence-electron chi connectivity index (χ0n) is 13.4. The van der Waals surface area contributed by atoms with E-state index in [0.717, 1.165) is 17.7 Å². The Morgan fingerprint density at radius 2 is 1.61 bits per heavy atom. The van der Waals surface area contributed by atoms with E-state index in [-0.39, 0.29) is 23.6 Å². The summed E-state index contributed by atoms with van der Waals surface area (Å²) in [6, 6.07) is 11.0. The molecule has 3 nitrogen and oxygen atoms in total. The predicted octanol–water partition coefficient (Wildman–Crippen LogP) is 4.31. The van der Waals surface area contributed by atoms with Gasteiger partial charge in [0.25, 0.3) is 0 Å². The number of carbonyl (C=O) groups excluding carboxylic acids is 1. The van der Waals surface area contributed by atoms with Crippen molar-refractivity contribution in [1.82, 2.24) is 0 Å². The second-order valence-electron chi connectivity index (χ2n) is 6.29. The van der Waals surface area contributed by atoms with Crippen molar-refractivity contribution in [3.8, 4) is 0 Å². The minimum Gasteiger partial charge on any atom is -0.371 e. The summed E-state index contributed by atoms with van der Waals surface area (Å²) < 4.78 is 27.0. The molecule has 5 heteroatoms. The Bertz CT molecular complexity index is 688. The van der Waals surface area contributed by atoms with Gasteiger partial charge in [0.05, 0.1) is 6.54 Å². The molecule has 0 saturated carbocycles. The summed E-state index contributed by atoms with van der Waals surface area (Å²) in [7, 11) is 0. The van der Waals surface area contributed by atoms with Gasteiger partial charge in [0.2, 0.25) is 5.91 Å². The molecule has 0 aliphatic rings. The van der Waals surface area contributed by atoms with Crippen LogP contribution in [0.5, 0.6) is 0 Å². The molecule has 0 spiro atoms. The van der Waals surface area contributed by atoms with Crippen LogP contribution in [0.15, 0.2) is 42.5 Å². The smallest absolute Gasteiger partial charge is 0.243 e. The van der Waals surface area contributed by atoms with Gasteiger partial charge in [-0.25, -0.2) is 8.78 Å². The topological polar surface area (TPSA) is 41.1 Å². The molecule has 2 N–H and O–H groups in total. The molecule has 0 aromatic heterocycles. The fourth-order valence-corrected chi connectivity index (χ4v) is 2.28. The Morgan fingerprint density at radius 3 is 2.22 bits per heavy atom. The molecular weight excluding hydrogens is 298 g/mol. The standard InChI is InChI=1S/C18H20F2N2O/c1-18(2,3)12-7-4-5-10-15(12)22-16(23)11-21-17-13(19)8-6-9-14(17)20/h4-10,21H,11H2,1-3H3,(H,22,23). The number of carbonyl (C=O) groups is 1. The van der Waals surface area contributed by atoms with Crippen LogP contribution in [-0.4, -0.2) is 12.5 Å². The highest BCUT2D eigenvalue weighted by atomic mass is 19.1. The first-order valence-electron chi connectivity index (χ1n) is 7.36. The van der Waals surface area contributed by atoms with Crippen molar-refractivity contribution in [2.24, 2.45) is 0 Å². The molecule has 0 radical (unpaired) electrons. The number of hydrogen-bond donors (Lipinski definition) is 2. The lowest BCUT2D eigenvalue weighted by molar-refractivity contribution is -0.114. The number of hydrogen-bond acceptors (Lipinski definition) is 2. The van der Waals surface area contributed by atoms with Crippen molar-refractivity contribution in [3.05, 3.63) is 59.7 Å². The Kier molecular flexibility index (Phi) is 4.98. The Hall–Kier alpha value is -2.43. The predicted molar refractivity (Wildman–Crippen MR) is 88.6 cm³/mol. The van der Waals surface area contributed by atoms with Crippen LogP contribution in [0.25, 0.3) is 0 Å². The van der Waals surface area contributed by atoms with Crippen LogP contribution >= 0.6 is 0 Å². The van der Waals surface area contributed by atoms with Gasteiger partial charge in [-0.05, 0) is 29.2 Å². The quantitative estimate of drug-likeness (QED) is 0.882. The molecule has 0 saturated heterocycles. The average molecular weight is 318 g/mol. The van der Waals surface area contributed by atoms with Gasteiger partial charge in [0, 0.05) is 5.69 Å². The zero-order chi connectivity index (χ0) is 17.0. The van der Waals surface area contributed by atoms with E-state index >= 15 is 0 Å². The summed E-state index contributed by atoms with van der Waals surface area (Å²) in [6.07, 6.45) is 0. The van der Waals surface area contributed by atoms with Gasteiger partial charge in [-0.3, -0.25) is 4.79 Å². The molecule has 0 aliphatic heterocycles. The molecule has 0 aliphatic carbocycles.